The summed E-state index contributed by atoms with van der Waals surface area (Å²) < 4.78 is 11.4. The zero-order chi connectivity index (χ0) is 13.6. The van der Waals surface area contributed by atoms with Crippen LogP contribution in [0.1, 0.15) is 27.7 Å². The summed E-state index contributed by atoms with van der Waals surface area (Å²) in [6.45, 7) is 9.67. The van der Waals surface area contributed by atoms with Gasteiger partial charge in [-0.25, -0.2) is 0 Å². The molecule has 20 heavy (non-hydrogen) atoms. The molecule has 0 saturated carbocycles. The topological polar surface area (TPSA) is 44.5 Å². The first kappa shape index (κ1) is 23.7. The second-order valence-electron chi connectivity index (χ2n) is 4.21. The molecule has 0 saturated heterocycles. The maximum atomic E-state index is 5.74. The van der Waals surface area contributed by atoms with Crippen molar-refractivity contribution in [1.82, 2.24) is 0 Å². The van der Waals surface area contributed by atoms with Crippen molar-refractivity contribution in [2.24, 2.45) is 0 Å². The van der Waals surface area contributed by atoms with E-state index in [0.717, 1.165) is 5.69 Å². The van der Waals surface area contributed by atoms with Gasteiger partial charge in [0.25, 0.3) is 0 Å². The molecular weight excluding hydrogens is 437 g/mol. The fourth-order valence-electron chi connectivity index (χ4n) is 1.44. The Bertz CT molecular complexity index is 360. The largest absolute Gasteiger partial charge is 0.813 e. The van der Waals surface area contributed by atoms with Crippen molar-refractivity contribution < 1.29 is 50.8 Å². The normalized spacial score (nSPS) is 10.8. The second kappa shape index (κ2) is 11.9. The molecule has 0 aliphatic carbocycles. The number of benzene rings is 1. The van der Waals surface area contributed by atoms with Crippen molar-refractivity contribution in [1.29, 1.82) is 0 Å². The summed E-state index contributed by atoms with van der Waals surface area (Å²) in [5.41, 5.74) is 6.48. The third-order valence-electron chi connectivity index (χ3n) is 2.18. The van der Waals surface area contributed by atoms with Crippen LogP contribution in [0.2, 0.25) is 0 Å². The molecule has 0 aliphatic heterocycles. The van der Waals surface area contributed by atoms with Crippen molar-refractivity contribution in [2.75, 3.05) is 18.9 Å². The quantitative estimate of drug-likeness (QED) is 0.217. The summed E-state index contributed by atoms with van der Waals surface area (Å²) in [5.74, 6) is 0. The standard InChI is InChI=1S/C13H22NO2PS.Ce.H2S/c1-5-15-17(16-6-2)13(3,4)18-12-9-7-11(14)8-10-12;;/h7-10H,5-6,14H2,1-4H3;;1H2/p-1. The molecule has 1 aromatic carbocycles. The Morgan fingerprint density at radius 2 is 1.55 bits per heavy atom. The minimum absolute atomic E-state index is 0. The van der Waals surface area contributed by atoms with Crippen molar-refractivity contribution >= 4 is 39.3 Å². The Morgan fingerprint density at radius 1 is 1.10 bits per heavy atom. The van der Waals surface area contributed by atoms with E-state index in [1.54, 1.807) is 11.8 Å². The monoisotopic (exact) mass is 460 g/mol. The molecule has 2 N–H and O–H groups in total. The SMILES string of the molecule is CCOP(OCC)C(C)(C)Sc1ccc(N)cc1.[Ce].[SH-]. The Morgan fingerprint density at radius 3 is 1.95 bits per heavy atom. The number of hydrogen-bond donors (Lipinski definition) is 1. The zero-order valence-electron chi connectivity index (χ0n) is 12.4. The summed E-state index contributed by atoms with van der Waals surface area (Å²) in [6.07, 6.45) is 0. The molecule has 114 valence electrons. The van der Waals surface area contributed by atoms with Gasteiger partial charge in [0.05, 0.1) is 17.7 Å². The number of nitrogens with two attached hydrogens (primary N) is 1. The first-order valence-electron chi connectivity index (χ1n) is 6.10. The van der Waals surface area contributed by atoms with Crippen LogP contribution in [0.5, 0.6) is 0 Å². The molecule has 3 nitrogen and oxygen atoms in total. The minimum Gasteiger partial charge on any atom is -0.813 e. The third-order valence-corrected chi connectivity index (χ3v) is 5.77. The molecule has 0 unspecified atom stereocenters. The predicted octanol–water partition coefficient (Wildman–Crippen LogP) is 4.21. The van der Waals surface area contributed by atoms with E-state index in [4.69, 9.17) is 14.8 Å². The molecule has 0 aromatic heterocycles. The van der Waals surface area contributed by atoms with E-state index in [2.05, 4.69) is 13.8 Å². The van der Waals surface area contributed by atoms with Crippen LogP contribution in [0.15, 0.2) is 29.2 Å². The molecule has 0 fully saturated rings. The van der Waals surface area contributed by atoms with Gasteiger partial charge in [-0.3, -0.25) is 0 Å². The number of thiol groups is 1. The Labute approximate surface area is 168 Å². The average Bonchev–Trinajstić information content (AvgIpc) is 2.32. The van der Waals surface area contributed by atoms with Gasteiger partial charge in [0.2, 0.25) is 0 Å². The molecule has 1 aromatic rings. The summed E-state index contributed by atoms with van der Waals surface area (Å²) in [5, 5.41) is 0. The Balaban J connectivity index is 0. The average molecular weight is 461 g/mol. The predicted molar refractivity (Wildman–Crippen MR) is 89.7 cm³/mol. The molecule has 0 atom stereocenters. The Hall–Kier alpha value is 1.45. The summed E-state index contributed by atoms with van der Waals surface area (Å²) in [4.78, 5) is 1.18. The number of hydrogen-bond acceptors (Lipinski definition) is 5. The molecule has 0 heterocycles. The van der Waals surface area contributed by atoms with Gasteiger partial charge in [0.1, 0.15) is 0 Å². The van der Waals surface area contributed by atoms with E-state index in [0.29, 0.717) is 13.2 Å². The van der Waals surface area contributed by atoms with Gasteiger partial charge in [0, 0.05) is 52.3 Å². The molecule has 0 bridgehead atoms. The van der Waals surface area contributed by atoms with Crippen LogP contribution in [-0.4, -0.2) is 17.7 Å². The van der Waals surface area contributed by atoms with Gasteiger partial charge < -0.3 is 28.3 Å². The van der Waals surface area contributed by atoms with Crippen LogP contribution in [0, 0.1) is 41.7 Å². The van der Waals surface area contributed by atoms with E-state index in [9.17, 15) is 0 Å². The van der Waals surface area contributed by atoms with E-state index < -0.39 is 8.38 Å². The molecule has 7 heteroatoms. The smallest absolute Gasteiger partial charge is 0.187 e. The van der Waals surface area contributed by atoms with Gasteiger partial charge in [-0.15, -0.1) is 11.8 Å². The van der Waals surface area contributed by atoms with Gasteiger partial charge in [-0.05, 0) is 52.0 Å². The van der Waals surface area contributed by atoms with E-state index in [1.165, 1.54) is 4.90 Å². The molecule has 0 amide bonds. The van der Waals surface area contributed by atoms with Crippen molar-refractivity contribution in [3.63, 3.8) is 0 Å². The van der Waals surface area contributed by atoms with Gasteiger partial charge in [-0.1, -0.05) is 0 Å². The first-order chi connectivity index (χ1) is 8.49. The maximum Gasteiger partial charge on any atom is 0.187 e. The summed E-state index contributed by atoms with van der Waals surface area (Å²) in [7, 11) is -0.904. The van der Waals surface area contributed by atoms with E-state index in [-0.39, 0.29) is 59.7 Å². The summed E-state index contributed by atoms with van der Waals surface area (Å²) >= 11 is 1.77. The van der Waals surface area contributed by atoms with Gasteiger partial charge in [-0.2, -0.15) is 0 Å². The molecule has 0 radical (unpaired) electrons. The van der Waals surface area contributed by atoms with Crippen LogP contribution in [-0.2, 0) is 22.5 Å². The van der Waals surface area contributed by atoms with Crippen molar-refractivity contribution in [3.05, 3.63) is 24.3 Å². The fraction of sp³-hybridized carbons (Fsp3) is 0.538. The van der Waals surface area contributed by atoms with Crippen LogP contribution in [0.4, 0.5) is 5.69 Å². The Kier molecular flexibility index (Phi) is 14.2. The second-order valence-corrected chi connectivity index (χ2v) is 8.36. The minimum atomic E-state index is -0.904. The van der Waals surface area contributed by atoms with Crippen LogP contribution in [0.3, 0.4) is 0 Å². The number of anilines is 1. The van der Waals surface area contributed by atoms with E-state index >= 15 is 0 Å². The molecule has 0 spiro atoms. The van der Waals surface area contributed by atoms with Gasteiger partial charge >= 0.3 is 0 Å². The van der Waals surface area contributed by atoms with Crippen molar-refractivity contribution in [2.45, 2.75) is 37.1 Å². The van der Waals surface area contributed by atoms with Gasteiger partial charge in [0.15, 0.2) is 8.38 Å². The molecule has 0 aliphatic rings. The molecular formula is C13H23CeNO2PS2-. The number of thioether (sulfide) groups is 1. The number of nitrogen functional groups attached to an aromatic ring is 1. The summed E-state index contributed by atoms with van der Waals surface area (Å²) in [6, 6.07) is 7.91. The maximum absolute atomic E-state index is 5.74. The fourth-order valence-corrected chi connectivity index (χ4v) is 4.39. The third kappa shape index (κ3) is 8.18. The van der Waals surface area contributed by atoms with E-state index in [1.807, 2.05) is 38.1 Å². The van der Waals surface area contributed by atoms with Crippen LogP contribution in [0.25, 0.3) is 0 Å². The number of rotatable bonds is 7. The first-order valence-corrected chi connectivity index (χ1v) is 8.09. The zero-order valence-corrected chi connectivity index (χ0v) is 18.2. The van der Waals surface area contributed by atoms with Crippen LogP contribution >= 0.6 is 20.1 Å². The van der Waals surface area contributed by atoms with Crippen LogP contribution < -0.4 is 5.73 Å². The molecule has 1 rings (SSSR count). The van der Waals surface area contributed by atoms with Crippen molar-refractivity contribution in [3.8, 4) is 0 Å².